The maximum absolute atomic E-state index is 10.8. The number of benzene rings is 1. The van der Waals surface area contributed by atoms with Crippen LogP contribution in [0.3, 0.4) is 0 Å². The van der Waals surface area contributed by atoms with Crippen molar-refractivity contribution in [2.24, 2.45) is 5.73 Å². The Bertz CT molecular complexity index is 756. The molecule has 0 aliphatic rings. The van der Waals surface area contributed by atoms with Gasteiger partial charge in [-0.1, -0.05) is 42.1 Å². The van der Waals surface area contributed by atoms with Crippen molar-refractivity contribution in [1.29, 1.82) is 0 Å². The number of carbonyl (C=O) groups excluding carboxylic acids is 1. The van der Waals surface area contributed by atoms with Crippen LogP contribution in [0.2, 0.25) is 0 Å². The number of amides is 1. The third-order valence-corrected chi connectivity index (χ3v) is 3.59. The lowest BCUT2D eigenvalue weighted by Gasteiger charge is -2.02. The summed E-state index contributed by atoms with van der Waals surface area (Å²) in [7, 11) is 0. The zero-order valence-electron chi connectivity index (χ0n) is 10.4. The SMILES string of the molecule is NC(=O)CSc1nnc2ccc(-c3ccccc3)nn12. The molecule has 0 spiro atoms. The Morgan fingerprint density at radius 3 is 2.70 bits per heavy atom. The van der Waals surface area contributed by atoms with Crippen LogP contribution in [0.15, 0.2) is 47.6 Å². The summed E-state index contributed by atoms with van der Waals surface area (Å²) in [6.07, 6.45) is 0. The second kappa shape index (κ2) is 5.30. The van der Waals surface area contributed by atoms with Crippen molar-refractivity contribution in [3.8, 4) is 11.3 Å². The standard InChI is InChI=1S/C13H11N5OS/c14-11(19)8-20-13-16-15-12-7-6-10(17-18(12)13)9-4-2-1-3-5-9/h1-7H,8H2,(H2,14,19). The van der Waals surface area contributed by atoms with Gasteiger partial charge >= 0.3 is 0 Å². The van der Waals surface area contributed by atoms with E-state index in [-0.39, 0.29) is 5.75 Å². The molecule has 0 saturated carbocycles. The first-order valence-corrected chi connectivity index (χ1v) is 6.91. The highest BCUT2D eigenvalue weighted by Gasteiger charge is 2.10. The number of hydrogen-bond donors (Lipinski definition) is 1. The van der Waals surface area contributed by atoms with Crippen LogP contribution in [0.5, 0.6) is 0 Å². The molecule has 3 rings (SSSR count). The van der Waals surface area contributed by atoms with Crippen LogP contribution in [-0.2, 0) is 4.79 Å². The molecule has 2 aromatic heterocycles. The Labute approximate surface area is 119 Å². The number of fused-ring (bicyclic) bond motifs is 1. The van der Waals surface area contributed by atoms with Gasteiger partial charge in [-0.3, -0.25) is 4.79 Å². The van der Waals surface area contributed by atoms with E-state index in [9.17, 15) is 4.79 Å². The van der Waals surface area contributed by atoms with E-state index in [4.69, 9.17) is 5.73 Å². The molecule has 0 fully saturated rings. The average Bonchev–Trinajstić information content (AvgIpc) is 2.88. The predicted octanol–water partition coefficient (Wildman–Crippen LogP) is 1.37. The van der Waals surface area contributed by atoms with Gasteiger partial charge in [0.1, 0.15) is 0 Å². The van der Waals surface area contributed by atoms with E-state index >= 15 is 0 Å². The highest BCUT2D eigenvalue weighted by atomic mass is 32.2. The minimum Gasteiger partial charge on any atom is -0.369 e. The van der Waals surface area contributed by atoms with Crippen molar-refractivity contribution in [3.63, 3.8) is 0 Å². The topological polar surface area (TPSA) is 86.2 Å². The fraction of sp³-hybridized carbons (Fsp3) is 0.0769. The highest BCUT2D eigenvalue weighted by molar-refractivity contribution is 7.99. The van der Waals surface area contributed by atoms with Gasteiger partial charge in [0.15, 0.2) is 5.65 Å². The minimum absolute atomic E-state index is 0.151. The van der Waals surface area contributed by atoms with Crippen LogP contribution >= 0.6 is 11.8 Å². The van der Waals surface area contributed by atoms with Gasteiger partial charge in [-0.05, 0) is 12.1 Å². The summed E-state index contributed by atoms with van der Waals surface area (Å²) in [6, 6.07) is 13.6. The van der Waals surface area contributed by atoms with Gasteiger partial charge in [-0.25, -0.2) is 0 Å². The summed E-state index contributed by atoms with van der Waals surface area (Å²) in [5.41, 5.74) is 7.60. The molecule has 0 bridgehead atoms. The Morgan fingerprint density at radius 1 is 1.15 bits per heavy atom. The van der Waals surface area contributed by atoms with Crippen LogP contribution in [0.4, 0.5) is 0 Å². The van der Waals surface area contributed by atoms with Gasteiger partial charge in [0.25, 0.3) is 0 Å². The highest BCUT2D eigenvalue weighted by Crippen LogP contribution is 2.20. The first-order valence-electron chi connectivity index (χ1n) is 5.93. The van der Waals surface area contributed by atoms with E-state index in [2.05, 4.69) is 15.3 Å². The fourth-order valence-corrected chi connectivity index (χ4v) is 2.38. The van der Waals surface area contributed by atoms with Gasteiger partial charge in [-0.2, -0.15) is 9.61 Å². The van der Waals surface area contributed by atoms with Gasteiger partial charge in [0.2, 0.25) is 11.1 Å². The molecule has 7 heteroatoms. The lowest BCUT2D eigenvalue weighted by atomic mass is 10.1. The van der Waals surface area contributed by atoms with Crippen LogP contribution < -0.4 is 5.73 Å². The zero-order valence-corrected chi connectivity index (χ0v) is 11.2. The lowest BCUT2D eigenvalue weighted by Crippen LogP contribution is -2.13. The normalized spacial score (nSPS) is 10.8. The van der Waals surface area contributed by atoms with Gasteiger partial charge in [-0.15, -0.1) is 10.2 Å². The van der Waals surface area contributed by atoms with Crippen molar-refractivity contribution >= 4 is 23.3 Å². The third kappa shape index (κ3) is 2.48. The van der Waals surface area contributed by atoms with Crippen LogP contribution in [0.1, 0.15) is 0 Å². The summed E-state index contributed by atoms with van der Waals surface area (Å²) in [6.45, 7) is 0. The van der Waals surface area contributed by atoms with E-state index in [1.807, 2.05) is 42.5 Å². The van der Waals surface area contributed by atoms with Crippen LogP contribution in [0.25, 0.3) is 16.9 Å². The van der Waals surface area contributed by atoms with E-state index in [1.54, 1.807) is 4.52 Å². The average molecular weight is 285 g/mol. The molecule has 3 aromatic rings. The summed E-state index contributed by atoms with van der Waals surface area (Å²) >= 11 is 1.22. The zero-order chi connectivity index (χ0) is 13.9. The Hall–Kier alpha value is -2.41. The van der Waals surface area contributed by atoms with Crippen molar-refractivity contribution in [2.45, 2.75) is 5.16 Å². The van der Waals surface area contributed by atoms with E-state index in [1.165, 1.54) is 11.8 Å². The number of hydrogen-bond acceptors (Lipinski definition) is 5. The predicted molar refractivity (Wildman–Crippen MR) is 76.1 cm³/mol. The van der Waals surface area contributed by atoms with E-state index in [0.717, 1.165) is 11.3 Å². The van der Waals surface area contributed by atoms with Crippen molar-refractivity contribution in [1.82, 2.24) is 19.8 Å². The molecule has 2 N–H and O–H groups in total. The molecule has 0 unspecified atom stereocenters. The van der Waals surface area contributed by atoms with Crippen LogP contribution in [-0.4, -0.2) is 31.5 Å². The van der Waals surface area contributed by atoms with Gasteiger partial charge < -0.3 is 5.73 Å². The number of thioether (sulfide) groups is 1. The molecule has 0 aliphatic heterocycles. The molecule has 1 aromatic carbocycles. The maximum Gasteiger partial charge on any atom is 0.227 e. The monoisotopic (exact) mass is 285 g/mol. The number of primary amides is 1. The quantitative estimate of drug-likeness (QED) is 0.732. The second-order valence-electron chi connectivity index (χ2n) is 4.09. The second-order valence-corrected chi connectivity index (χ2v) is 5.03. The third-order valence-electron chi connectivity index (χ3n) is 2.65. The molecule has 0 radical (unpaired) electrons. The number of nitrogens with zero attached hydrogens (tertiary/aromatic N) is 4. The summed E-state index contributed by atoms with van der Waals surface area (Å²) < 4.78 is 1.62. The first kappa shape index (κ1) is 12.6. The fourth-order valence-electron chi connectivity index (χ4n) is 1.76. The number of nitrogens with two attached hydrogens (primary N) is 1. The molecule has 0 aliphatic carbocycles. The van der Waals surface area contributed by atoms with E-state index < -0.39 is 5.91 Å². The molecule has 0 saturated heterocycles. The summed E-state index contributed by atoms with van der Waals surface area (Å²) in [4.78, 5) is 10.8. The first-order chi connectivity index (χ1) is 9.74. The number of rotatable bonds is 4. The molecule has 100 valence electrons. The molecule has 6 nitrogen and oxygen atoms in total. The Morgan fingerprint density at radius 2 is 1.95 bits per heavy atom. The largest absolute Gasteiger partial charge is 0.369 e. The molecule has 1 amide bonds. The van der Waals surface area contributed by atoms with Crippen LogP contribution in [0, 0.1) is 0 Å². The molecule has 0 atom stereocenters. The molecular formula is C13H11N5OS. The smallest absolute Gasteiger partial charge is 0.227 e. The lowest BCUT2D eigenvalue weighted by molar-refractivity contribution is -0.115. The van der Waals surface area contributed by atoms with E-state index in [0.29, 0.717) is 10.8 Å². The van der Waals surface area contributed by atoms with Crippen molar-refractivity contribution in [3.05, 3.63) is 42.5 Å². The summed E-state index contributed by atoms with van der Waals surface area (Å²) in [5, 5.41) is 13.1. The number of aromatic nitrogens is 4. The van der Waals surface area contributed by atoms with Gasteiger partial charge in [0, 0.05) is 5.56 Å². The molecular weight excluding hydrogens is 274 g/mol. The minimum atomic E-state index is -0.397. The maximum atomic E-state index is 10.8. The van der Waals surface area contributed by atoms with Crippen molar-refractivity contribution in [2.75, 3.05) is 5.75 Å². The molecule has 20 heavy (non-hydrogen) atoms. The Kier molecular flexibility index (Phi) is 3.34. The Balaban J connectivity index is 2.01. The number of carbonyl (C=O) groups is 1. The summed E-state index contributed by atoms with van der Waals surface area (Å²) in [5.74, 6) is -0.246. The van der Waals surface area contributed by atoms with Gasteiger partial charge in [0.05, 0.1) is 11.4 Å². The molecule has 2 heterocycles. The van der Waals surface area contributed by atoms with Crippen molar-refractivity contribution < 1.29 is 4.79 Å².